The smallest absolute Gasteiger partial charge is 0.255 e. The van der Waals surface area contributed by atoms with Crippen molar-refractivity contribution in [2.75, 3.05) is 11.1 Å². The number of hydrogen-bond donors (Lipinski definition) is 2. The number of carbonyl (C=O) groups excluding carboxylic acids is 1. The molecule has 0 aliphatic carbocycles. The number of nitrogens with two attached hydrogens (primary N) is 1. The van der Waals surface area contributed by atoms with Gasteiger partial charge in [-0.05, 0) is 24.3 Å². The first kappa shape index (κ1) is 11.1. The zero-order valence-corrected chi connectivity index (χ0v) is 8.98. The summed E-state index contributed by atoms with van der Waals surface area (Å²) in [6.45, 7) is 0. The summed E-state index contributed by atoms with van der Waals surface area (Å²) in [5.41, 5.74) is 6.27. The first-order valence-corrected chi connectivity index (χ1v) is 5.09. The average molecular weight is 230 g/mol. The Balaban J connectivity index is 2.25. The molecule has 0 atom stereocenters. The van der Waals surface area contributed by atoms with E-state index in [4.69, 9.17) is 5.73 Å². The molecule has 3 N–H and O–H groups in total. The molecular weight excluding hydrogens is 219 g/mol. The molecule has 1 amide bonds. The predicted octanol–water partition coefficient (Wildman–Crippen LogP) is 2.66. The minimum Gasteiger partial charge on any atom is -0.397 e. The molecule has 0 saturated heterocycles. The van der Waals surface area contributed by atoms with Crippen LogP contribution in [0, 0.1) is 5.82 Å². The van der Waals surface area contributed by atoms with Gasteiger partial charge in [-0.25, -0.2) is 4.39 Å². The van der Waals surface area contributed by atoms with E-state index in [-0.39, 0.29) is 17.3 Å². The van der Waals surface area contributed by atoms with E-state index >= 15 is 0 Å². The molecule has 0 aliphatic rings. The third-order valence-electron chi connectivity index (χ3n) is 2.32. The number of benzene rings is 2. The highest BCUT2D eigenvalue weighted by Crippen LogP contribution is 2.22. The van der Waals surface area contributed by atoms with Gasteiger partial charge >= 0.3 is 0 Å². The minimum absolute atomic E-state index is 0.0151. The molecule has 2 rings (SSSR count). The SMILES string of the molecule is Nc1cccc(F)c1NC(=O)c1ccccc1. The Morgan fingerprint density at radius 3 is 2.41 bits per heavy atom. The Hall–Kier alpha value is -2.36. The topological polar surface area (TPSA) is 55.1 Å². The fourth-order valence-electron chi connectivity index (χ4n) is 1.45. The molecule has 86 valence electrons. The van der Waals surface area contributed by atoms with Crippen molar-refractivity contribution in [1.29, 1.82) is 0 Å². The number of nitrogen functional groups attached to an aromatic ring is 1. The van der Waals surface area contributed by atoms with E-state index in [0.29, 0.717) is 5.56 Å². The summed E-state index contributed by atoms with van der Waals surface area (Å²) in [6, 6.07) is 12.8. The lowest BCUT2D eigenvalue weighted by molar-refractivity contribution is 0.102. The van der Waals surface area contributed by atoms with Gasteiger partial charge in [0, 0.05) is 5.56 Å². The first-order valence-electron chi connectivity index (χ1n) is 5.09. The van der Waals surface area contributed by atoms with Gasteiger partial charge in [0.2, 0.25) is 0 Å². The quantitative estimate of drug-likeness (QED) is 0.779. The highest BCUT2D eigenvalue weighted by atomic mass is 19.1. The molecule has 0 heterocycles. The van der Waals surface area contributed by atoms with Gasteiger partial charge in [0.05, 0.1) is 5.69 Å². The van der Waals surface area contributed by atoms with Crippen molar-refractivity contribution >= 4 is 17.3 Å². The number of halogens is 1. The number of amides is 1. The van der Waals surface area contributed by atoms with E-state index < -0.39 is 5.82 Å². The molecule has 0 bridgehead atoms. The van der Waals surface area contributed by atoms with Gasteiger partial charge in [0.1, 0.15) is 11.5 Å². The Kier molecular flexibility index (Phi) is 3.05. The lowest BCUT2D eigenvalue weighted by atomic mass is 10.2. The van der Waals surface area contributed by atoms with Crippen LogP contribution >= 0.6 is 0 Å². The number of nitrogens with one attached hydrogen (secondary N) is 1. The summed E-state index contributed by atoms with van der Waals surface area (Å²) >= 11 is 0. The average Bonchev–Trinajstić information content (AvgIpc) is 2.35. The van der Waals surface area contributed by atoms with Gasteiger partial charge in [-0.15, -0.1) is 0 Å². The van der Waals surface area contributed by atoms with Crippen LogP contribution in [0.5, 0.6) is 0 Å². The largest absolute Gasteiger partial charge is 0.397 e. The van der Waals surface area contributed by atoms with Gasteiger partial charge in [-0.3, -0.25) is 4.79 Å². The summed E-state index contributed by atoms with van der Waals surface area (Å²) in [6.07, 6.45) is 0. The number of rotatable bonds is 2. The molecule has 0 fully saturated rings. The van der Waals surface area contributed by atoms with E-state index in [9.17, 15) is 9.18 Å². The minimum atomic E-state index is -0.547. The third kappa shape index (κ3) is 2.42. The van der Waals surface area contributed by atoms with Crippen molar-refractivity contribution in [3.05, 3.63) is 59.9 Å². The molecule has 0 radical (unpaired) electrons. The van der Waals surface area contributed by atoms with Crippen molar-refractivity contribution in [3.8, 4) is 0 Å². The van der Waals surface area contributed by atoms with Gasteiger partial charge in [0.25, 0.3) is 5.91 Å². The maximum Gasteiger partial charge on any atom is 0.255 e. The molecule has 0 spiro atoms. The van der Waals surface area contributed by atoms with Crippen LogP contribution in [-0.2, 0) is 0 Å². The molecule has 4 heteroatoms. The molecule has 0 aliphatic heterocycles. The predicted molar refractivity (Wildman–Crippen MR) is 65.2 cm³/mol. The van der Waals surface area contributed by atoms with Crippen molar-refractivity contribution < 1.29 is 9.18 Å². The van der Waals surface area contributed by atoms with E-state index in [0.717, 1.165) is 0 Å². The Bertz CT molecular complexity index is 520. The Morgan fingerprint density at radius 2 is 1.76 bits per heavy atom. The van der Waals surface area contributed by atoms with E-state index in [1.807, 2.05) is 0 Å². The lowest BCUT2D eigenvalue weighted by Gasteiger charge is -2.08. The van der Waals surface area contributed by atoms with Gasteiger partial charge in [-0.1, -0.05) is 24.3 Å². The van der Waals surface area contributed by atoms with Crippen LogP contribution in [0.3, 0.4) is 0 Å². The fraction of sp³-hybridized carbons (Fsp3) is 0. The fourth-order valence-corrected chi connectivity index (χ4v) is 1.45. The van der Waals surface area contributed by atoms with E-state index in [1.54, 1.807) is 30.3 Å². The van der Waals surface area contributed by atoms with Crippen LogP contribution in [0.4, 0.5) is 15.8 Å². The molecule has 0 aromatic heterocycles. The second kappa shape index (κ2) is 4.65. The van der Waals surface area contributed by atoms with Crippen molar-refractivity contribution in [1.82, 2.24) is 0 Å². The van der Waals surface area contributed by atoms with Crippen LogP contribution in [0.2, 0.25) is 0 Å². The zero-order chi connectivity index (χ0) is 12.3. The Morgan fingerprint density at radius 1 is 1.06 bits per heavy atom. The standard InChI is InChI=1S/C13H11FN2O/c14-10-7-4-8-11(15)12(10)16-13(17)9-5-2-1-3-6-9/h1-8H,15H2,(H,16,17). The number of carbonyl (C=O) groups is 1. The van der Waals surface area contributed by atoms with E-state index in [1.165, 1.54) is 18.2 Å². The van der Waals surface area contributed by atoms with Crippen molar-refractivity contribution in [2.45, 2.75) is 0 Å². The molecule has 2 aromatic rings. The number of anilines is 2. The lowest BCUT2D eigenvalue weighted by Crippen LogP contribution is -2.14. The summed E-state index contributed by atoms with van der Waals surface area (Å²) in [4.78, 5) is 11.8. The summed E-state index contributed by atoms with van der Waals surface area (Å²) in [7, 11) is 0. The second-order valence-corrected chi connectivity index (χ2v) is 3.52. The summed E-state index contributed by atoms with van der Waals surface area (Å²) in [5, 5.41) is 2.46. The van der Waals surface area contributed by atoms with Crippen LogP contribution in [-0.4, -0.2) is 5.91 Å². The zero-order valence-electron chi connectivity index (χ0n) is 8.98. The highest BCUT2D eigenvalue weighted by molar-refractivity contribution is 6.05. The van der Waals surface area contributed by atoms with Crippen molar-refractivity contribution in [3.63, 3.8) is 0 Å². The van der Waals surface area contributed by atoms with Crippen LogP contribution in [0.15, 0.2) is 48.5 Å². The Labute approximate surface area is 98.1 Å². The van der Waals surface area contributed by atoms with Crippen LogP contribution in [0.1, 0.15) is 10.4 Å². The number of hydrogen-bond acceptors (Lipinski definition) is 2. The molecule has 0 saturated carbocycles. The van der Waals surface area contributed by atoms with Crippen LogP contribution in [0.25, 0.3) is 0 Å². The molecule has 0 unspecified atom stereocenters. The molecular formula is C13H11FN2O. The van der Waals surface area contributed by atoms with Gasteiger partial charge < -0.3 is 11.1 Å². The summed E-state index contributed by atoms with van der Waals surface area (Å²) < 4.78 is 13.4. The highest BCUT2D eigenvalue weighted by Gasteiger charge is 2.10. The number of para-hydroxylation sites is 1. The molecule has 2 aromatic carbocycles. The van der Waals surface area contributed by atoms with E-state index in [2.05, 4.69) is 5.32 Å². The maximum absolute atomic E-state index is 13.4. The van der Waals surface area contributed by atoms with Crippen LogP contribution < -0.4 is 11.1 Å². The van der Waals surface area contributed by atoms with Gasteiger partial charge in [-0.2, -0.15) is 0 Å². The molecule has 17 heavy (non-hydrogen) atoms. The summed E-state index contributed by atoms with van der Waals surface area (Å²) in [5.74, 6) is -0.934. The maximum atomic E-state index is 13.4. The van der Waals surface area contributed by atoms with Crippen molar-refractivity contribution in [2.24, 2.45) is 0 Å². The molecule has 3 nitrogen and oxygen atoms in total. The monoisotopic (exact) mass is 230 g/mol. The van der Waals surface area contributed by atoms with Gasteiger partial charge in [0.15, 0.2) is 0 Å². The third-order valence-corrected chi connectivity index (χ3v) is 2.32. The second-order valence-electron chi connectivity index (χ2n) is 3.52. The first-order chi connectivity index (χ1) is 8.18. The normalized spacial score (nSPS) is 9.94.